The number of morpholine rings is 1. The van der Waals surface area contributed by atoms with E-state index in [1.807, 2.05) is 42.2 Å². The van der Waals surface area contributed by atoms with Crippen LogP contribution < -0.4 is 15.0 Å². The fourth-order valence-corrected chi connectivity index (χ4v) is 3.84. The number of ether oxygens (including phenoxy) is 2. The number of nitrogens with one attached hydrogen (secondary N) is 1. The zero-order chi connectivity index (χ0) is 21.1. The molecule has 30 heavy (non-hydrogen) atoms. The highest BCUT2D eigenvalue weighted by Gasteiger charge is 2.34. The van der Waals surface area contributed by atoms with Gasteiger partial charge in [0.25, 0.3) is 5.91 Å². The highest BCUT2D eigenvalue weighted by atomic mass is 35.5. The molecule has 0 bridgehead atoms. The van der Waals surface area contributed by atoms with Gasteiger partial charge in [-0.3, -0.25) is 9.59 Å². The van der Waals surface area contributed by atoms with E-state index < -0.39 is 6.10 Å². The Morgan fingerprint density at radius 1 is 1.17 bits per heavy atom. The Kier molecular flexibility index (Phi) is 6.11. The van der Waals surface area contributed by atoms with Crippen LogP contribution in [0, 0.1) is 6.92 Å². The smallest absolute Gasteiger partial charge is 0.265 e. The van der Waals surface area contributed by atoms with Crippen molar-refractivity contribution in [3.8, 4) is 5.75 Å². The third-order valence-corrected chi connectivity index (χ3v) is 5.50. The van der Waals surface area contributed by atoms with E-state index in [4.69, 9.17) is 21.1 Å². The second-order valence-electron chi connectivity index (χ2n) is 7.40. The highest BCUT2D eigenvalue weighted by Crippen LogP contribution is 2.33. The Morgan fingerprint density at radius 2 is 1.93 bits per heavy atom. The fraction of sp³-hybridized carbons (Fsp3) is 0.364. The predicted molar refractivity (Wildman–Crippen MR) is 115 cm³/mol. The van der Waals surface area contributed by atoms with Crippen LogP contribution in [0.5, 0.6) is 5.75 Å². The van der Waals surface area contributed by atoms with Gasteiger partial charge in [0.15, 0.2) is 6.10 Å². The summed E-state index contributed by atoms with van der Waals surface area (Å²) in [5.41, 5.74) is 2.40. The van der Waals surface area contributed by atoms with Gasteiger partial charge in [-0.25, -0.2) is 0 Å². The van der Waals surface area contributed by atoms with Crippen LogP contribution in [0.4, 0.5) is 11.4 Å². The largest absolute Gasteiger partial charge is 0.477 e. The van der Waals surface area contributed by atoms with E-state index in [9.17, 15) is 9.59 Å². The summed E-state index contributed by atoms with van der Waals surface area (Å²) in [6.07, 6.45) is -0.668. The number of hydrogen-bond donors (Lipinski definition) is 1. The molecule has 1 atom stereocenters. The third-order valence-electron chi connectivity index (χ3n) is 5.27. The van der Waals surface area contributed by atoms with E-state index in [1.54, 1.807) is 17.0 Å². The number of amides is 2. The summed E-state index contributed by atoms with van der Waals surface area (Å²) in [7, 11) is 0. The van der Waals surface area contributed by atoms with Gasteiger partial charge in [-0.15, -0.1) is 0 Å². The molecular formula is C22H24ClN3O4. The van der Waals surface area contributed by atoms with Crippen LogP contribution in [0.2, 0.25) is 5.02 Å². The van der Waals surface area contributed by atoms with Crippen molar-refractivity contribution in [2.24, 2.45) is 0 Å². The Labute approximate surface area is 180 Å². The number of carbonyl (C=O) groups is 2. The van der Waals surface area contributed by atoms with E-state index in [1.165, 1.54) is 0 Å². The lowest BCUT2D eigenvalue weighted by molar-refractivity contribution is -0.142. The van der Waals surface area contributed by atoms with Crippen molar-refractivity contribution >= 4 is 34.8 Å². The topological polar surface area (TPSA) is 71.1 Å². The first-order chi connectivity index (χ1) is 14.5. The molecular weight excluding hydrogens is 406 g/mol. The molecule has 2 heterocycles. The number of carbonyl (C=O) groups excluding carboxylic acids is 2. The Morgan fingerprint density at radius 3 is 2.73 bits per heavy atom. The maximum atomic E-state index is 13.0. The predicted octanol–water partition coefficient (Wildman–Crippen LogP) is 2.71. The van der Waals surface area contributed by atoms with E-state index in [2.05, 4.69) is 5.32 Å². The number of hydrogen-bond acceptors (Lipinski definition) is 5. The Hall–Kier alpha value is -2.77. The second-order valence-corrected chi connectivity index (χ2v) is 7.84. The average molecular weight is 430 g/mol. The lowest BCUT2D eigenvalue weighted by Crippen LogP contribution is -2.53. The van der Waals surface area contributed by atoms with Crippen molar-refractivity contribution in [1.29, 1.82) is 0 Å². The van der Waals surface area contributed by atoms with Gasteiger partial charge >= 0.3 is 0 Å². The minimum Gasteiger partial charge on any atom is -0.477 e. The molecule has 4 rings (SSSR count). The quantitative estimate of drug-likeness (QED) is 0.809. The zero-order valence-electron chi connectivity index (χ0n) is 16.8. The molecule has 2 aromatic rings. The van der Waals surface area contributed by atoms with E-state index in [0.717, 1.165) is 11.3 Å². The maximum absolute atomic E-state index is 13.0. The van der Waals surface area contributed by atoms with Crippen LogP contribution in [0.3, 0.4) is 0 Å². The minimum atomic E-state index is -0.668. The maximum Gasteiger partial charge on any atom is 0.265 e. The van der Waals surface area contributed by atoms with Crippen LogP contribution in [-0.4, -0.2) is 62.2 Å². The van der Waals surface area contributed by atoms with Gasteiger partial charge in [0, 0.05) is 23.8 Å². The Bertz CT molecular complexity index is 946. The summed E-state index contributed by atoms with van der Waals surface area (Å²) >= 11 is 6.06. The number of rotatable bonds is 4. The summed E-state index contributed by atoms with van der Waals surface area (Å²) in [6, 6.07) is 12.8. The lowest BCUT2D eigenvalue weighted by Gasteiger charge is -2.38. The van der Waals surface area contributed by atoms with Gasteiger partial charge in [-0.05, 0) is 36.8 Å². The molecule has 1 N–H and O–H groups in total. The SMILES string of the molecule is Cc1ccc(Cl)cc1NC(=O)CN1C[C@H](C(=O)N2CCOCC2)Oc2ccccc21. The first-order valence-electron chi connectivity index (χ1n) is 9.94. The number of anilines is 2. The zero-order valence-corrected chi connectivity index (χ0v) is 17.5. The van der Waals surface area contributed by atoms with Crippen molar-refractivity contribution in [3.05, 3.63) is 53.1 Å². The van der Waals surface area contributed by atoms with Gasteiger partial charge in [0.2, 0.25) is 5.91 Å². The van der Waals surface area contributed by atoms with Crippen molar-refractivity contribution in [3.63, 3.8) is 0 Å². The van der Waals surface area contributed by atoms with Gasteiger partial charge in [-0.2, -0.15) is 0 Å². The molecule has 0 saturated carbocycles. The van der Waals surface area contributed by atoms with Crippen LogP contribution in [0.25, 0.3) is 0 Å². The minimum absolute atomic E-state index is 0.0797. The third kappa shape index (κ3) is 4.52. The number of benzene rings is 2. The molecule has 1 fully saturated rings. The molecule has 2 aliphatic rings. The highest BCUT2D eigenvalue weighted by molar-refractivity contribution is 6.31. The number of fused-ring (bicyclic) bond motifs is 1. The molecule has 158 valence electrons. The van der Waals surface area contributed by atoms with Crippen molar-refractivity contribution in [2.75, 3.05) is 49.6 Å². The molecule has 2 amide bonds. The van der Waals surface area contributed by atoms with Crippen molar-refractivity contribution < 1.29 is 19.1 Å². The lowest BCUT2D eigenvalue weighted by atomic mass is 10.1. The molecule has 0 spiro atoms. The van der Waals surface area contributed by atoms with E-state index >= 15 is 0 Å². The summed E-state index contributed by atoms with van der Waals surface area (Å²) in [6.45, 7) is 4.46. The molecule has 0 radical (unpaired) electrons. The van der Waals surface area contributed by atoms with Gasteiger partial charge in [0.05, 0.1) is 32.0 Å². The molecule has 0 unspecified atom stereocenters. The number of nitrogens with zero attached hydrogens (tertiary/aromatic N) is 2. The first-order valence-corrected chi connectivity index (χ1v) is 10.3. The van der Waals surface area contributed by atoms with Gasteiger partial charge in [-0.1, -0.05) is 29.8 Å². The molecule has 0 aromatic heterocycles. The van der Waals surface area contributed by atoms with Crippen LogP contribution in [0.1, 0.15) is 5.56 Å². The number of aryl methyl sites for hydroxylation is 1. The summed E-state index contributed by atoms with van der Waals surface area (Å²) in [5.74, 6) is 0.334. The standard InChI is InChI=1S/C22H24ClN3O4/c1-15-6-7-16(23)12-17(15)24-21(27)14-26-13-20(22(28)25-8-10-29-11-9-25)30-19-5-3-2-4-18(19)26/h2-7,12,20H,8-11,13-14H2,1H3,(H,24,27)/t20-/m1/s1. The van der Waals surface area contributed by atoms with Crippen LogP contribution >= 0.6 is 11.6 Å². The second kappa shape index (κ2) is 8.93. The monoisotopic (exact) mass is 429 g/mol. The molecule has 0 aliphatic carbocycles. The van der Waals surface area contributed by atoms with E-state index in [0.29, 0.717) is 49.3 Å². The molecule has 1 saturated heterocycles. The van der Waals surface area contributed by atoms with Crippen LogP contribution in [-0.2, 0) is 14.3 Å². The van der Waals surface area contributed by atoms with Gasteiger partial charge < -0.3 is 24.6 Å². The summed E-state index contributed by atoms with van der Waals surface area (Å²) < 4.78 is 11.3. The van der Waals surface area contributed by atoms with E-state index in [-0.39, 0.29) is 18.4 Å². The molecule has 2 aliphatic heterocycles. The molecule has 2 aromatic carbocycles. The van der Waals surface area contributed by atoms with Gasteiger partial charge in [0.1, 0.15) is 5.75 Å². The fourth-order valence-electron chi connectivity index (χ4n) is 3.66. The van der Waals surface area contributed by atoms with Crippen molar-refractivity contribution in [2.45, 2.75) is 13.0 Å². The summed E-state index contributed by atoms with van der Waals surface area (Å²) in [4.78, 5) is 29.4. The van der Waals surface area contributed by atoms with Crippen molar-refractivity contribution in [1.82, 2.24) is 4.90 Å². The molecule has 7 nitrogen and oxygen atoms in total. The number of halogens is 1. The molecule has 8 heteroatoms. The first kappa shape index (κ1) is 20.5. The Balaban J connectivity index is 1.50. The average Bonchev–Trinajstić information content (AvgIpc) is 2.76. The summed E-state index contributed by atoms with van der Waals surface area (Å²) in [5, 5.41) is 3.48. The normalized spacial score (nSPS) is 18.4. The number of para-hydroxylation sites is 2. The van der Waals surface area contributed by atoms with Crippen LogP contribution in [0.15, 0.2) is 42.5 Å².